The number of ether oxygens (including phenoxy) is 1. The van der Waals surface area contributed by atoms with Crippen LogP contribution in [-0.4, -0.2) is 37.0 Å². The summed E-state index contributed by atoms with van der Waals surface area (Å²) in [6, 6.07) is 32.2. The average molecular weight is 555 g/mol. The van der Waals surface area contributed by atoms with E-state index < -0.39 is 46.0 Å². The lowest BCUT2D eigenvalue weighted by atomic mass is 9.97. The fourth-order valence-corrected chi connectivity index (χ4v) is 5.41. The van der Waals surface area contributed by atoms with Crippen molar-refractivity contribution in [3.63, 3.8) is 0 Å². The molecule has 0 spiro atoms. The monoisotopic (exact) mass is 554 g/mol. The molecule has 0 radical (unpaired) electrons. The van der Waals surface area contributed by atoms with Gasteiger partial charge in [-0.2, -0.15) is 8.78 Å². The van der Waals surface area contributed by atoms with Crippen LogP contribution in [0.3, 0.4) is 0 Å². The van der Waals surface area contributed by atoms with Gasteiger partial charge in [-0.25, -0.2) is 12.8 Å². The van der Waals surface area contributed by atoms with E-state index in [1.165, 1.54) is 35.5 Å². The van der Waals surface area contributed by atoms with Gasteiger partial charge in [0.25, 0.3) is 0 Å². The van der Waals surface area contributed by atoms with Crippen LogP contribution >= 0.6 is 0 Å². The van der Waals surface area contributed by atoms with Crippen molar-refractivity contribution in [2.75, 3.05) is 6.61 Å². The molecular weight excluding hydrogens is 525 g/mol. The molecule has 200 valence electrons. The highest BCUT2D eigenvalue weighted by Gasteiger charge is 2.47. The minimum Gasteiger partial charge on any atom is -0.743 e. The summed E-state index contributed by atoms with van der Waals surface area (Å²) in [5.74, 6) is -0.747. The molecule has 0 N–H and O–H groups in total. The zero-order chi connectivity index (χ0) is 27.7. The first-order valence-corrected chi connectivity index (χ1v) is 13.9. The highest BCUT2D eigenvalue weighted by Crippen LogP contribution is 2.31. The third-order valence-electron chi connectivity index (χ3n) is 4.85. The van der Waals surface area contributed by atoms with E-state index in [0.717, 1.165) is 0 Å². The zero-order valence-corrected chi connectivity index (χ0v) is 22.3. The van der Waals surface area contributed by atoms with Gasteiger partial charge < -0.3 is 9.29 Å². The lowest BCUT2D eigenvalue weighted by Crippen LogP contribution is -2.39. The maximum Gasteiger partial charge on any atom is 0.364 e. The number of alkyl halides is 3. The fourth-order valence-electron chi connectivity index (χ4n) is 2.87. The molecule has 5 nitrogen and oxygen atoms in total. The molecule has 0 aliphatic carbocycles. The van der Waals surface area contributed by atoms with Crippen molar-refractivity contribution >= 4 is 27.0 Å². The Morgan fingerprint density at radius 2 is 1.19 bits per heavy atom. The Morgan fingerprint density at radius 3 is 1.49 bits per heavy atom. The summed E-state index contributed by atoms with van der Waals surface area (Å²) >= 11 is 0. The Kier molecular flexibility index (Phi) is 10.8. The van der Waals surface area contributed by atoms with E-state index >= 15 is 0 Å². The van der Waals surface area contributed by atoms with Crippen LogP contribution < -0.4 is 0 Å². The van der Waals surface area contributed by atoms with E-state index in [0.29, 0.717) is 0 Å². The average Bonchev–Trinajstić information content (AvgIpc) is 2.85. The van der Waals surface area contributed by atoms with Crippen molar-refractivity contribution in [2.24, 2.45) is 5.41 Å². The molecule has 3 rings (SSSR count). The molecule has 1 atom stereocenters. The Balaban J connectivity index is 0.000000261. The van der Waals surface area contributed by atoms with Crippen molar-refractivity contribution in [3.05, 3.63) is 91.0 Å². The van der Waals surface area contributed by atoms with Crippen LogP contribution in [0.4, 0.5) is 13.2 Å². The van der Waals surface area contributed by atoms with E-state index in [9.17, 15) is 30.9 Å². The van der Waals surface area contributed by atoms with Crippen molar-refractivity contribution in [3.8, 4) is 0 Å². The van der Waals surface area contributed by atoms with E-state index in [-0.39, 0.29) is 10.9 Å². The van der Waals surface area contributed by atoms with Gasteiger partial charge in [0.1, 0.15) is 0 Å². The smallest absolute Gasteiger partial charge is 0.364 e. The largest absolute Gasteiger partial charge is 0.743 e. The van der Waals surface area contributed by atoms with Crippen LogP contribution in [0.5, 0.6) is 0 Å². The molecule has 10 heteroatoms. The first kappa shape index (κ1) is 30.4. The lowest BCUT2D eigenvalue weighted by Gasteiger charge is -2.23. The number of hydrogen-bond donors (Lipinski definition) is 0. The van der Waals surface area contributed by atoms with Gasteiger partial charge in [0.05, 0.1) is 22.9 Å². The molecule has 3 aromatic rings. The normalized spacial score (nSPS) is 12.9. The third kappa shape index (κ3) is 8.91. The van der Waals surface area contributed by atoms with Crippen LogP contribution in [0.2, 0.25) is 0 Å². The summed E-state index contributed by atoms with van der Waals surface area (Å²) in [5, 5.41) is -5.03. The van der Waals surface area contributed by atoms with Gasteiger partial charge in [-0.15, -0.1) is 0 Å². The minimum atomic E-state index is -6.08. The van der Waals surface area contributed by atoms with Gasteiger partial charge in [-0.3, -0.25) is 4.79 Å². The van der Waals surface area contributed by atoms with Crippen LogP contribution in [0.15, 0.2) is 106 Å². The molecule has 0 aliphatic heterocycles. The maximum atomic E-state index is 12.9. The molecule has 0 saturated heterocycles. The first-order valence-electron chi connectivity index (χ1n) is 11.3. The van der Waals surface area contributed by atoms with Crippen molar-refractivity contribution in [2.45, 2.75) is 53.3 Å². The SMILES string of the molecule is CC(C)(C)C(=O)OCCC(F)C(F)(F)S(=O)(=O)[O-].c1ccc([S+](c2ccccc2)c2ccccc2)cc1. The first-order chi connectivity index (χ1) is 17.2. The van der Waals surface area contributed by atoms with Gasteiger partial charge >= 0.3 is 11.2 Å². The molecular formula is C27H29F3O5S2. The number of halogens is 3. The van der Waals surface area contributed by atoms with E-state index in [1.54, 1.807) is 0 Å². The van der Waals surface area contributed by atoms with Crippen LogP contribution in [0, 0.1) is 5.41 Å². The summed E-state index contributed by atoms with van der Waals surface area (Å²) in [6.45, 7) is 3.76. The topological polar surface area (TPSA) is 83.5 Å². The zero-order valence-electron chi connectivity index (χ0n) is 20.6. The maximum absolute atomic E-state index is 12.9. The molecule has 0 bridgehead atoms. The molecule has 1 unspecified atom stereocenters. The second-order valence-electron chi connectivity index (χ2n) is 8.90. The van der Waals surface area contributed by atoms with Gasteiger partial charge in [-0.1, -0.05) is 54.6 Å². The molecule has 0 heterocycles. The van der Waals surface area contributed by atoms with Crippen molar-refractivity contribution < 1.29 is 35.7 Å². The Hall–Kier alpha value is -2.82. The van der Waals surface area contributed by atoms with Crippen LogP contribution in [0.25, 0.3) is 0 Å². The molecule has 0 fully saturated rings. The fraction of sp³-hybridized carbons (Fsp3) is 0.296. The van der Waals surface area contributed by atoms with Gasteiger partial charge in [-0.05, 0) is 57.2 Å². The second kappa shape index (κ2) is 13.1. The van der Waals surface area contributed by atoms with Crippen molar-refractivity contribution in [1.29, 1.82) is 0 Å². The minimum absolute atomic E-state index is 0.0146. The Labute approximate surface area is 218 Å². The molecule has 3 aromatic carbocycles. The quantitative estimate of drug-likeness (QED) is 0.187. The summed E-state index contributed by atoms with van der Waals surface area (Å²) < 4.78 is 73.0. The predicted octanol–water partition coefficient (Wildman–Crippen LogP) is 6.22. The van der Waals surface area contributed by atoms with Crippen molar-refractivity contribution in [1.82, 2.24) is 0 Å². The summed E-state index contributed by atoms with van der Waals surface area (Å²) in [7, 11) is -6.09. The second-order valence-corrected chi connectivity index (χ2v) is 12.4. The Bertz CT molecular complexity index is 1120. The molecule has 0 saturated carbocycles. The highest BCUT2D eigenvalue weighted by molar-refractivity contribution is 7.97. The Morgan fingerprint density at radius 1 is 0.838 bits per heavy atom. The molecule has 0 aliphatic rings. The van der Waals surface area contributed by atoms with E-state index in [4.69, 9.17) is 0 Å². The number of rotatable bonds is 8. The lowest BCUT2D eigenvalue weighted by molar-refractivity contribution is -0.154. The molecule has 37 heavy (non-hydrogen) atoms. The van der Waals surface area contributed by atoms with Gasteiger partial charge in [0.15, 0.2) is 31.0 Å². The molecule has 0 aromatic heterocycles. The van der Waals surface area contributed by atoms with E-state index in [1.807, 2.05) is 0 Å². The van der Waals surface area contributed by atoms with Crippen LogP contribution in [0.1, 0.15) is 27.2 Å². The molecule has 0 amide bonds. The number of carbonyl (C=O) groups is 1. The third-order valence-corrected chi connectivity index (χ3v) is 8.00. The van der Waals surface area contributed by atoms with Crippen LogP contribution in [-0.2, 0) is 30.5 Å². The summed E-state index contributed by atoms with van der Waals surface area (Å²) in [5.41, 5.74) is -0.890. The standard InChI is InChI=1S/C18H15S.C9H15F3O5S/c1-4-10-16(11-5-1)19(17-12-6-2-7-13-17)18-14-8-3-9-15-18;1-8(2,3)7(13)17-5-4-6(10)9(11,12)18(14,15)16/h1-15H;6H,4-5H2,1-3H3,(H,14,15,16)/q+1;/p-1. The summed E-state index contributed by atoms with van der Waals surface area (Å²) in [6.07, 6.45) is -4.29. The highest BCUT2D eigenvalue weighted by atomic mass is 32.2. The summed E-state index contributed by atoms with van der Waals surface area (Å²) in [4.78, 5) is 15.3. The van der Waals surface area contributed by atoms with E-state index in [2.05, 4.69) is 95.7 Å². The number of carbonyl (C=O) groups excluding carboxylic acids is 1. The number of esters is 1. The number of hydrogen-bond acceptors (Lipinski definition) is 5. The number of benzene rings is 3. The van der Waals surface area contributed by atoms with Gasteiger partial charge in [0.2, 0.25) is 0 Å². The van der Waals surface area contributed by atoms with Gasteiger partial charge in [0, 0.05) is 6.42 Å². The predicted molar refractivity (Wildman–Crippen MR) is 136 cm³/mol.